The number of halogens is 1. The third-order valence-corrected chi connectivity index (χ3v) is 2.74. The zero-order chi connectivity index (χ0) is 11.5. The number of hydrogen-bond donors (Lipinski definition) is 1. The van der Waals surface area contributed by atoms with Crippen LogP contribution in [0.3, 0.4) is 0 Å². The minimum atomic E-state index is -0.133. The van der Waals surface area contributed by atoms with Crippen molar-refractivity contribution >= 4 is 15.9 Å². The number of aromatic nitrogens is 3. The van der Waals surface area contributed by atoms with Crippen molar-refractivity contribution < 1.29 is 0 Å². The molecule has 0 spiro atoms. The molecule has 0 saturated carbocycles. The molecular weight excluding hydrogens is 268 g/mol. The van der Waals surface area contributed by atoms with Gasteiger partial charge in [0.15, 0.2) is 0 Å². The van der Waals surface area contributed by atoms with Crippen molar-refractivity contribution in [3.8, 4) is 0 Å². The minimum absolute atomic E-state index is 0.133. The zero-order valence-corrected chi connectivity index (χ0v) is 10.6. The predicted octanol–water partition coefficient (Wildman–Crippen LogP) is 1.82. The Hall–Kier alpha value is -1.20. The van der Waals surface area contributed by atoms with Gasteiger partial charge in [0.05, 0.1) is 6.04 Å². The molecule has 1 atom stereocenters. The molecule has 0 aliphatic rings. The van der Waals surface area contributed by atoms with E-state index in [1.807, 2.05) is 25.2 Å². The van der Waals surface area contributed by atoms with E-state index in [0.29, 0.717) is 4.73 Å². The van der Waals surface area contributed by atoms with Gasteiger partial charge in [-0.1, -0.05) is 30.3 Å². The standard InChI is InChI=1S/C11H13BrN4/c1-16-10(14-11(12)15-16)9(13)7-8-5-3-2-4-6-8/h2-6,9H,7,13H2,1H3/t9-/m0/s1. The maximum atomic E-state index is 6.10. The Morgan fingerprint density at radius 2 is 2.06 bits per heavy atom. The van der Waals surface area contributed by atoms with Crippen LogP contribution in [0.15, 0.2) is 35.1 Å². The molecule has 2 N–H and O–H groups in total. The van der Waals surface area contributed by atoms with E-state index in [-0.39, 0.29) is 6.04 Å². The van der Waals surface area contributed by atoms with Gasteiger partial charge in [-0.05, 0) is 27.9 Å². The summed E-state index contributed by atoms with van der Waals surface area (Å²) < 4.78 is 2.28. The van der Waals surface area contributed by atoms with E-state index in [1.165, 1.54) is 5.56 Å². The van der Waals surface area contributed by atoms with Crippen molar-refractivity contribution in [1.29, 1.82) is 0 Å². The molecule has 2 aromatic rings. The number of hydrogen-bond acceptors (Lipinski definition) is 3. The first-order valence-corrected chi connectivity index (χ1v) is 5.82. The van der Waals surface area contributed by atoms with Crippen molar-refractivity contribution in [2.75, 3.05) is 0 Å². The van der Waals surface area contributed by atoms with Crippen LogP contribution in [0.2, 0.25) is 0 Å². The second-order valence-corrected chi connectivity index (χ2v) is 4.37. The summed E-state index contributed by atoms with van der Waals surface area (Å²) in [6.45, 7) is 0. The molecule has 0 fully saturated rings. The number of nitrogens with two attached hydrogens (primary N) is 1. The summed E-state index contributed by atoms with van der Waals surface area (Å²) >= 11 is 3.24. The van der Waals surface area contributed by atoms with E-state index in [1.54, 1.807) is 4.68 Å². The van der Waals surface area contributed by atoms with Crippen LogP contribution in [0.4, 0.5) is 0 Å². The lowest BCUT2D eigenvalue weighted by Gasteiger charge is -2.10. The van der Waals surface area contributed by atoms with Crippen molar-refractivity contribution in [3.05, 3.63) is 46.5 Å². The highest BCUT2D eigenvalue weighted by Gasteiger charge is 2.14. The van der Waals surface area contributed by atoms with Crippen molar-refractivity contribution in [3.63, 3.8) is 0 Å². The first-order valence-electron chi connectivity index (χ1n) is 5.03. The monoisotopic (exact) mass is 280 g/mol. The average molecular weight is 281 g/mol. The van der Waals surface area contributed by atoms with Gasteiger partial charge >= 0.3 is 0 Å². The van der Waals surface area contributed by atoms with Crippen molar-refractivity contribution in [1.82, 2.24) is 14.8 Å². The van der Waals surface area contributed by atoms with E-state index in [2.05, 4.69) is 38.1 Å². The second-order valence-electron chi connectivity index (χ2n) is 3.66. The van der Waals surface area contributed by atoms with E-state index >= 15 is 0 Å². The fourth-order valence-electron chi connectivity index (χ4n) is 1.65. The van der Waals surface area contributed by atoms with E-state index in [4.69, 9.17) is 5.73 Å². The van der Waals surface area contributed by atoms with Crippen molar-refractivity contribution in [2.24, 2.45) is 12.8 Å². The Balaban J connectivity index is 2.14. The summed E-state index contributed by atoms with van der Waals surface area (Å²) in [4.78, 5) is 4.25. The normalized spacial score (nSPS) is 12.7. The van der Waals surface area contributed by atoms with Crippen LogP contribution in [0, 0.1) is 0 Å². The third kappa shape index (κ3) is 2.48. The predicted molar refractivity (Wildman–Crippen MR) is 65.8 cm³/mol. The Morgan fingerprint density at radius 1 is 1.38 bits per heavy atom. The van der Waals surface area contributed by atoms with Gasteiger partial charge in [0.2, 0.25) is 4.73 Å². The molecule has 84 valence electrons. The van der Waals surface area contributed by atoms with Gasteiger partial charge in [-0.2, -0.15) is 0 Å². The largest absolute Gasteiger partial charge is 0.321 e. The molecule has 16 heavy (non-hydrogen) atoms. The topological polar surface area (TPSA) is 56.7 Å². The number of nitrogens with zero attached hydrogens (tertiary/aromatic N) is 3. The molecule has 1 heterocycles. The quantitative estimate of drug-likeness (QED) is 0.933. The number of benzene rings is 1. The fourth-order valence-corrected chi connectivity index (χ4v) is 2.07. The Morgan fingerprint density at radius 3 is 2.62 bits per heavy atom. The molecule has 2 rings (SSSR count). The summed E-state index contributed by atoms with van der Waals surface area (Å²) in [5, 5.41) is 4.12. The van der Waals surface area contributed by atoms with Gasteiger partial charge in [0.25, 0.3) is 0 Å². The lowest BCUT2D eigenvalue weighted by molar-refractivity contribution is 0.601. The van der Waals surface area contributed by atoms with Crippen LogP contribution in [0.5, 0.6) is 0 Å². The van der Waals surface area contributed by atoms with Crippen LogP contribution in [-0.4, -0.2) is 14.8 Å². The van der Waals surface area contributed by atoms with E-state index in [9.17, 15) is 0 Å². The highest BCUT2D eigenvalue weighted by atomic mass is 79.9. The highest BCUT2D eigenvalue weighted by Crippen LogP contribution is 2.15. The molecule has 0 radical (unpaired) electrons. The first-order chi connectivity index (χ1) is 7.66. The van der Waals surface area contributed by atoms with Crippen LogP contribution in [0.1, 0.15) is 17.4 Å². The second kappa shape index (κ2) is 4.76. The Kier molecular flexibility index (Phi) is 3.36. The SMILES string of the molecule is Cn1nc(Br)nc1[C@@H](N)Cc1ccccc1. The van der Waals surface area contributed by atoms with E-state index in [0.717, 1.165) is 12.2 Å². The fraction of sp³-hybridized carbons (Fsp3) is 0.273. The molecular formula is C11H13BrN4. The Bertz CT molecular complexity index is 466. The van der Waals surface area contributed by atoms with Gasteiger partial charge in [0, 0.05) is 7.05 Å². The zero-order valence-electron chi connectivity index (χ0n) is 8.97. The first kappa shape index (κ1) is 11.3. The minimum Gasteiger partial charge on any atom is -0.321 e. The third-order valence-electron chi connectivity index (χ3n) is 2.40. The Labute approximate surface area is 103 Å². The lowest BCUT2D eigenvalue weighted by Crippen LogP contribution is -2.18. The van der Waals surface area contributed by atoms with Crippen LogP contribution in [0.25, 0.3) is 0 Å². The van der Waals surface area contributed by atoms with Gasteiger partial charge < -0.3 is 5.73 Å². The van der Waals surface area contributed by atoms with Crippen LogP contribution in [-0.2, 0) is 13.5 Å². The molecule has 0 aliphatic heterocycles. The molecule has 0 bridgehead atoms. The molecule has 0 unspecified atom stereocenters. The van der Waals surface area contributed by atoms with Gasteiger partial charge in [-0.15, -0.1) is 5.10 Å². The van der Waals surface area contributed by atoms with Crippen molar-refractivity contribution in [2.45, 2.75) is 12.5 Å². The maximum Gasteiger partial charge on any atom is 0.217 e. The average Bonchev–Trinajstić information content (AvgIpc) is 2.59. The summed E-state index contributed by atoms with van der Waals surface area (Å²) in [5.41, 5.74) is 7.30. The highest BCUT2D eigenvalue weighted by molar-refractivity contribution is 9.10. The van der Waals surface area contributed by atoms with Crippen LogP contribution >= 0.6 is 15.9 Å². The summed E-state index contributed by atoms with van der Waals surface area (Å²) in [6, 6.07) is 10.00. The smallest absolute Gasteiger partial charge is 0.217 e. The molecule has 4 nitrogen and oxygen atoms in total. The summed E-state index contributed by atoms with van der Waals surface area (Å²) in [5.74, 6) is 0.788. The van der Waals surface area contributed by atoms with E-state index < -0.39 is 0 Å². The van der Waals surface area contributed by atoms with Gasteiger partial charge in [-0.25, -0.2) is 4.98 Å². The number of aryl methyl sites for hydroxylation is 1. The molecule has 5 heteroatoms. The molecule has 0 amide bonds. The lowest BCUT2D eigenvalue weighted by atomic mass is 10.1. The molecule has 1 aromatic carbocycles. The number of rotatable bonds is 3. The molecule has 1 aromatic heterocycles. The summed E-state index contributed by atoms with van der Waals surface area (Å²) in [6.07, 6.45) is 0.764. The van der Waals surface area contributed by atoms with Crippen LogP contribution < -0.4 is 5.73 Å². The summed E-state index contributed by atoms with van der Waals surface area (Å²) in [7, 11) is 1.85. The van der Waals surface area contributed by atoms with Gasteiger partial charge in [0.1, 0.15) is 5.82 Å². The molecule has 0 saturated heterocycles. The van der Waals surface area contributed by atoms with Gasteiger partial charge in [-0.3, -0.25) is 4.68 Å². The molecule has 0 aliphatic carbocycles. The maximum absolute atomic E-state index is 6.10.